The van der Waals surface area contributed by atoms with Crippen LogP contribution in [0.3, 0.4) is 0 Å². The fraction of sp³-hybridized carbons (Fsp3) is 0.100. The van der Waals surface area contributed by atoms with E-state index in [-0.39, 0.29) is 0 Å². The Morgan fingerprint density at radius 3 is 2.00 bits per heavy atom. The van der Waals surface area contributed by atoms with Crippen molar-refractivity contribution < 1.29 is 4.74 Å². The molecule has 1 heteroatoms. The second-order valence-electron chi connectivity index (χ2n) is 4.87. The van der Waals surface area contributed by atoms with Crippen molar-refractivity contribution in [3.8, 4) is 28.0 Å². The SMILES string of the molecule is CCOc1cccc(-c2ccccc2-c2ccccc2)c1. The van der Waals surface area contributed by atoms with Crippen LogP contribution < -0.4 is 4.74 Å². The van der Waals surface area contributed by atoms with Crippen molar-refractivity contribution in [3.05, 3.63) is 78.9 Å². The Balaban J connectivity index is 2.09. The summed E-state index contributed by atoms with van der Waals surface area (Å²) in [6.07, 6.45) is 0. The molecule has 3 aromatic carbocycles. The molecule has 3 rings (SSSR count). The van der Waals surface area contributed by atoms with Crippen LogP contribution >= 0.6 is 0 Å². The summed E-state index contributed by atoms with van der Waals surface area (Å²) in [6.45, 7) is 2.69. The standard InChI is InChI=1S/C20H18O/c1-2-21-18-12-8-11-17(15-18)20-14-7-6-13-19(20)16-9-4-3-5-10-16/h3-15H,2H2,1H3. The maximum absolute atomic E-state index is 5.61. The van der Waals surface area contributed by atoms with Gasteiger partial charge in [-0.1, -0.05) is 66.7 Å². The Morgan fingerprint density at radius 2 is 1.29 bits per heavy atom. The fourth-order valence-electron chi connectivity index (χ4n) is 2.52. The molecule has 0 saturated heterocycles. The molecule has 0 aliphatic heterocycles. The molecule has 0 atom stereocenters. The van der Waals surface area contributed by atoms with Crippen molar-refractivity contribution >= 4 is 0 Å². The topological polar surface area (TPSA) is 9.23 Å². The molecule has 0 aliphatic rings. The predicted molar refractivity (Wildman–Crippen MR) is 88.5 cm³/mol. The second-order valence-corrected chi connectivity index (χ2v) is 4.87. The Morgan fingerprint density at radius 1 is 0.667 bits per heavy atom. The number of rotatable bonds is 4. The first kappa shape index (κ1) is 13.4. The van der Waals surface area contributed by atoms with Crippen molar-refractivity contribution in [2.75, 3.05) is 6.61 Å². The number of hydrogen-bond donors (Lipinski definition) is 0. The minimum Gasteiger partial charge on any atom is -0.494 e. The van der Waals surface area contributed by atoms with E-state index in [1.807, 2.05) is 25.1 Å². The van der Waals surface area contributed by atoms with E-state index < -0.39 is 0 Å². The first-order valence-electron chi connectivity index (χ1n) is 7.26. The van der Waals surface area contributed by atoms with Gasteiger partial charge in [-0.2, -0.15) is 0 Å². The summed E-state index contributed by atoms with van der Waals surface area (Å²) < 4.78 is 5.61. The van der Waals surface area contributed by atoms with E-state index in [2.05, 4.69) is 60.7 Å². The molecule has 0 spiro atoms. The van der Waals surface area contributed by atoms with Crippen LogP contribution in [0.15, 0.2) is 78.9 Å². The fourth-order valence-corrected chi connectivity index (χ4v) is 2.52. The summed E-state index contributed by atoms with van der Waals surface area (Å²) in [6, 6.07) is 27.2. The minimum atomic E-state index is 0.684. The van der Waals surface area contributed by atoms with E-state index >= 15 is 0 Å². The molecule has 0 N–H and O–H groups in total. The summed E-state index contributed by atoms with van der Waals surface area (Å²) in [4.78, 5) is 0. The molecule has 0 amide bonds. The maximum Gasteiger partial charge on any atom is 0.119 e. The zero-order chi connectivity index (χ0) is 14.5. The normalized spacial score (nSPS) is 10.3. The monoisotopic (exact) mass is 274 g/mol. The van der Waals surface area contributed by atoms with E-state index in [1.165, 1.54) is 22.3 Å². The van der Waals surface area contributed by atoms with Gasteiger partial charge in [0.25, 0.3) is 0 Å². The first-order valence-corrected chi connectivity index (χ1v) is 7.26. The van der Waals surface area contributed by atoms with Crippen LogP contribution in [-0.2, 0) is 0 Å². The van der Waals surface area contributed by atoms with Gasteiger partial charge in [0.1, 0.15) is 5.75 Å². The Bertz CT molecular complexity index is 717. The van der Waals surface area contributed by atoms with Gasteiger partial charge in [-0.05, 0) is 41.3 Å². The minimum absolute atomic E-state index is 0.684. The lowest BCUT2D eigenvalue weighted by atomic mass is 9.94. The summed E-state index contributed by atoms with van der Waals surface area (Å²) in [5.74, 6) is 0.915. The Hall–Kier alpha value is -2.54. The van der Waals surface area contributed by atoms with Crippen LogP contribution in [-0.4, -0.2) is 6.61 Å². The average Bonchev–Trinajstić information content (AvgIpc) is 2.56. The molecular formula is C20H18O. The Kier molecular flexibility index (Phi) is 4.02. The van der Waals surface area contributed by atoms with E-state index in [0.29, 0.717) is 6.61 Å². The summed E-state index contributed by atoms with van der Waals surface area (Å²) in [7, 11) is 0. The molecule has 104 valence electrons. The lowest BCUT2D eigenvalue weighted by molar-refractivity contribution is 0.340. The quantitative estimate of drug-likeness (QED) is 0.617. The van der Waals surface area contributed by atoms with E-state index in [4.69, 9.17) is 4.74 Å². The van der Waals surface area contributed by atoms with Crippen molar-refractivity contribution in [2.24, 2.45) is 0 Å². The molecule has 1 nitrogen and oxygen atoms in total. The van der Waals surface area contributed by atoms with Crippen LogP contribution in [0.5, 0.6) is 5.75 Å². The average molecular weight is 274 g/mol. The third-order valence-corrected chi connectivity index (χ3v) is 3.47. The van der Waals surface area contributed by atoms with Crippen LogP contribution in [0, 0.1) is 0 Å². The van der Waals surface area contributed by atoms with Gasteiger partial charge in [0.15, 0.2) is 0 Å². The summed E-state index contributed by atoms with van der Waals surface area (Å²) in [5.41, 5.74) is 4.88. The molecule has 0 bridgehead atoms. The zero-order valence-electron chi connectivity index (χ0n) is 12.1. The molecule has 0 fully saturated rings. The van der Waals surface area contributed by atoms with E-state index in [0.717, 1.165) is 5.75 Å². The van der Waals surface area contributed by atoms with Gasteiger partial charge in [-0.3, -0.25) is 0 Å². The highest BCUT2D eigenvalue weighted by atomic mass is 16.5. The highest BCUT2D eigenvalue weighted by Crippen LogP contribution is 2.33. The van der Waals surface area contributed by atoms with E-state index in [1.54, 1.807) is 0 Å². The van der Waals surface area contributed by atoms with Gasteiger partial charge in [-0.15, -0.1) is 0 Å². The lowest BCUT2D eigenvalue weighted by Crippen LogP contribution is -1.91. The largest absolute Gasteiger partial charge is 0.494 e. The molecule has 0 aromatic heterocycles. The van der Waals surface area contributed by atoms with Crippen LogP contribution in [0.4, 0.5) is 0 Å². The molecule has 21 heavy (non-hydrogen) atoms. The van der Waals surface area contributed by atoms with Crippen molar-refractivity contribution in [1.82, 2.24) is 0 Å². The molecule has 3 aromatic rings. The van der Waals surface area contributed by atoms with Gasteiger partial charge < -0.3 is 4.74 Å². The third-order valence-electron chi connectivity index (χ3n) is 3.47. The predicted octanol–water partition coefficient (Wildman–Crippen LogP) is 5.42. The molecular weight excluding hydrogens is 256 g/mol. The Labute approximate surface area is 125 Å². The maximum atomic E-state index is 5.61. The number of benzene rings is 3. The third kappa shape index (κ3) is 2.97. The smallest absolute Gasteiger partial charge is 0.119 e. The first-order chi connectivity index (χ1) is 10.4. The highest BCUT2D eigenvalue weighted by Gasteiger charge is 2.07. The van der Waals surface area contributed by atoms with E-state index in [9.17, 15) is 0 Å². The zero-order valence-corrected chi connectivity index (χ0v) is 12.1. The van der Waals surface area contributed by atoms with Crippen LogP contribution in [0.2, 0.25) is 0 Å². The summed E-state index contributed by atoms with van der Waals surface area (Å²) in [5, 5.41) is 0. The highest BCUT2D eigenvalue weighted by molar-refractivity contribution is 5.83. The molecule has 0 heterocycles. The summed E-state index contributed by atoms with van der Waals surface area (Å²) >= 11 is 0. The van der Waals surface area contributed by atoms with Crippen molar-refractivity contribution in [3.63, 3.8) is 0 Å². The van der Waals surface area contributed by atoms with Gasteiger partial charge in [-0.25, -0.2) is 0 Å². The van der Waals surface area contributed by atoms with Gasteiger partial charge >= 0.3 is 0 Å². The van der Waals surface area contributed by atoms with Crippen molar-refractivity contribution in [1.29, 1.82) is 0 Å². The van der Waals surface area contributed by atoms with Gasteiger partial charge in [0, 0.05) is 0 Å². The molecule has 0 saturated carbocycles. The van der Waals surface area contributed by atoms with Crippen LogP contribution in [0.25, 0.3) is 22.3 Å². The molecule has 0 aliphatic carbocycles. The van der Waals surface area contributed by atoms with Crippen LogP contribution in [0.1, 0.15) is 6.92 Å². The lowest BCUT2D eigenvalue weighted by Gasteiger charge is -2.11. The molecule has 0 radical (unpaired) electrons. The second kappa shape index (κ2) is 6.27. The molecule has 0 unspecified atom stereocenters. The number of hydrogen-bond acceptors (Lipinski definition) is 1. The van der Waals surface area contributed by atoms with Crippen molar-refractivity contribution in [2.45, 2.75) is 6.92 Å². The number of ether oxygens (including phenoxy) is 1. The van der Waals surface area contributed by atoms with Gasteiger partial charge in [0.2, 0.25) is 0 Å². The van der Waals surface area contributed by atoms with Gasteiger partial charge in [0.05, 0.1) is 6.61 Å².